The Hall–Kier alpha value is -2.57. The number of likely N-dealkylation sites (tertiary alicyclic amines) is 1. The highest BCUT2D eigenvalue weighted by Crippen LogP contribution is 2.29. The van der Waals surface area contributed by atoms with Crippen LogP contribution in [0.1, 0.15) is 36.0 Å². The van der Waals surface area contributed by atoms with Crippen LogP contribution in [0.5, 0.6) is 0 Å². The van der Waals surface area contributed by atoms with E-state index in [1.807, 2.05) is 18.5 Å². The van der Waals surface area contributed by atoms with Crippen molar-refractivity contribution >= 4 is 0 Å². The summed E-state index contributed by atoms with van der Waals surface area (Å²) in [6.07, 6.45) is 6.07. The van der Waals surface area contributed by atoms with E-state index in [1.54, 1.807) is 0 Å². The molecule has 2 aliphatic rings. The van der Waals surface area contributed by atoms with E-state index >= 15 is 0 Å². The molecule has 144 valence electrons. The number of hydrogen-bond acceptors (Lipinski definition) is 5. The van der Waals surface area contributed by atoms with Crippen LogP contribution in [0.4, 0.5) is 0 Å². The van der Waals surface area contributed by atoms with Crippen molar-refractivity contribution in [2.75, 3.05) is 19.6 Å². The first-order chi connectivity index (χ1) is 13.9. The first-order valence-corrected chi connectivity index (χ1v) is 10.2. The van der Waals surface area contributed by atoms with Gasteiger partial charge in [-0.05, 0) is 54.8 Å². The molecular formula is C22H26N6. The van der Waals surface area contributed by atoms with Crippen LogP contribution in [-0.4, -0.2) is 44.3 Å². The van der Waals surface area contributed by atoms with Gasteiger partial charge in [0.25, 0.3) is 0 Å². The van der Waals surface area contributed by atoms with Gasteiger partial charge in [-0.15, -0.1) is 10.2 Å². The van der Waals surface area contributed by atoms with Crippen molar-refractivity contribution in [1.82, 2.24) is 30.0 Å². The van der Waals surface area contributed by atoms with Crippen molar-refractivity contribution in [1.29, 1.82) is 0 Å². The summed E-state index contributed by atoms with van der Waals surface area (Å²) >= 11 is 0. The van der Waals surface area contributed by atoms with E-state index in [2.05, 4.69) is 60.3 Å². The maximum atomic E-state index is 4.52. The molecule has 0 spiro atoms. The Morgan fingerprint density at radius 2 is 1.89 bits per heavy atom. The molecule has 0 saturated carbocycles. The topological polar surface area (TPSA) is 58.9 Å². The zero-order valence-corrected chi connectivity index (χ0v) is 16.1. The molecule has 0 radical (unpaired) electrons. The normalized spacial score (nSPS) is 18.1. The smallest absolute Gasteiger partial charge is 0.147 e. The zero-order valence-electron chi connectivity index (χ0n) is 16.1. The molecule has 2 aromatic heterocycles. The van der Waals surface area contributed by atoms with E-state index in [0.717, 1.165) is 57.9 Å². The van der Waals surface area contributed by atoms with Crippen LogP contribution < -0.4 is 5.32 Å². The Bertz CT molecular complexity index is 927. The third-order valence-electron chi connectivity index (χ3n) is 5.93. The molecule has 1 aromatic carbocycles. The van der Waals surface area contributed by atoms with Crippen molar-refractivity contribution in [3.05, 3.63) is 66.0 Å². The Morgan fingerprint density at radius 3 is 2.75 bits per heavy atom. The molecule has 1 fully saturated rings. The Labute approximate surface area is 165 Å². The van der Waals surface area contributed by atoms with Crippen molar-refractivity contribution in [3.63, 3.8) is 0 Å². The van der Waals surface area contributed by atoms with Gasteiger partial charge in [0, 0.05) is 37.9 Å². The van der Waals surface area contributed by atoms with Gasteiger partial charge in [0.1, 0.15) is 11.6 Å². The quantitative estimate of drug-likeness (QED) is 0.761. The van der Waals surface area contributed by atoms with E-state index in [9.17, 15) is 0 Å². The van der Waals surface area contributed by atoms with Crippen molar-refractivity contribution in [3.8, 4) is 11.1 Å². The van der Waals surface area contributed by atoms with Crippen molar-refractivity contribution < 1.29 is 0 Å². The highest BCUT2D eigenvalue weighted by Gasteiger charge is 2.27. The number of rotatable bonds is 4. The molecule has 1 saturated heterocycles. The van der Waals surface area contributed by atoms with E-state index in [0.29, 0.717) is 5.92 Å². The van der Waals surface area contributed by atoms with Crippen LogP contribution in [0, 0.1) is 0 Å². The SMILES string of the molecule is c1cncc(-c2cccc(CN3CCC(c4nnc5n4CCNC5)CC3)c2)c1. The number of fused-ring (bicyclic) bond motifs is 1. The summed E-state index contributed by atoms with van der Waals surface area (Å²) in [5.41, 5.74) is 3.78. The summed E-state index contributed by atoms with van der Waals surface area (Å²) in [5, 5.41) is 12.3. The van der Waals surface area contributed by atoms with Gasteiger partial charge in [0.2, 0.25) is 0 Å². The van der Waals surface area contributed by atoms with E-state index < -0.39 is 0 Å². The molecule has 6 nitrogen and oxygen atoms in total. The zero-order chi connectivity index (χ0) is 18.8. The molecule has 0 aliphatic carbocycles. The minimum Gasteiger partial charge on any atom is -0.312 e. The van der Waals surface area contributed by atoms with Gasteiger partial charge >= 0.3 is 0 Å². The van der Waals surface area contributed by atoms with Gasteiger partial charge < -0.3 is 9.88 Å². The number of nitrogens with one attached hydrogen (secondary N) is 1. The van der Waals surface area contributed by atoms with Gasteiger partial charge in [0.15, 0.2) is 0 Å². The predicted octanol–water partition coefficient (Wildman–Crippen LogP) is 2.82. The molecule has 2 aliphatic heterocycles. The molecule has 1 N–H and O–H groups in total. The van der Waals surface area contributed by atoms with Gasteiger partial charge in [-0.1, -0.05) is 24.3 Å². The van der Waals surface area contributed by atoms with Gasteiger partial charge in [0.05, 0.1) is 6.54 Å². The maximum absolute atomic E-state index is 4.52. The molecule has 4 heterocycles. The first-order valence-electron chi connectivity index (χ1n) is 10.2. The minimum absolute atomic E-state index is 0.539. The largest absolute Gasteiger partial charge is 0.312 e. The molecule has 0 amide bonds. The van der Waals surface area contributed by atoms with E-state index in [1.165, 1.54) is 22.5 Å². The number of aromatic nitrogens is 4. The molecule has 0 atom stereocenters. The van der Waals surface area contributed by atoms with Crippen molar-refractivity contribution in [2.45, 2.75) is 38.4 Å². The second kappa shape index (κ2) is 7.81. The van der Waals surface area contributed by atoms with Crippen LogP contribution in [0.15, 0.2) is 48.8 Å². The van der Waals surface area contributed by atoms with Crippen LogP contribution >= 0.6 is 0 Å². The number of piperidine rings is 1. The van der Waals surface area contributed by atoms with E-state index in [4.69, 9.17) is 0 Å². The fourth-order valence-electron chi connectivity index (χ4n) is 4.41. The average Bonchev–Trinajstić information content (AvgIpc) is 3.19. The molecular weight excluding hydrogens is 348 g/mol. The monoisotopic (exact) mass is 374 g/mol. The summed E-state index contributed by atoms with van der Waals surface area (Å²) in [6.45, 7) is 6.09. The molecule has 0 unspecified atom stereocenters. The molecule has 28 heavy (non-hydrogen) atoms. The fraction of sp³-hybridized carbons (Fsp3) is 0.409. The van der Waals surface area contributed by atoms with Gasteiger partial charge in [-0.3, -0.25) is 9.88 Å². The average molecular weight is 374 g/mol. The molecule has 3 aromatic rings. The van der Waals surface area contributed by atoms with Crippen LogP contribution in [0.3, 0.4) is 0 Å². The fourth-order valence-corrected chi connectivity index (χ4v) is 4.41. The Morgan fingerprint density at radius 1 is 1.00 bits per heavy atom. The summed E-state index contributed by atoms with van der Waals surface area (Å²) in [7, 11) is 0. The number of benzene rings is 1. The molecule has 5 rings (SSSR count). The summed E-state index contributed by atoms with van der Waals surface area (Å²) in [4.78, 5) is 6.81. The third-order valence-corrected chi connectivity index (χ3v) is 5.93. The number of nitrogens with zero attached hydrogens (tertiary/aromatic N) is 5. The Kier molecular flexibility index (Phi) is 4.89. The summed E-state index contributed by atoms with van der Waals surface area (Å²) < 4.78 is 2.34. The van der Waals surface area contributed by atoms with Crippen LogP contribution in [0.25, 0.3) is 11.1 Å². The third kappa shape index (κ3) is 3.57. The van der Waals surface area contributed by atoms with Crippen molar-refractivity contribution in [2.24, 2.45) is 0 Å². The predicted molar refractivity (Wildman–Crippen MR) is 109 cm³/mol. The maximum Gasteiger partial charge on any atom is 0.147 e. The van der Waals surface area contributed by atoms with Gasteiger partial charge in [-0.25, -0.2) is 0 Å². The second-order valence-corrected chi connectivity index (χ2v) is 7.80. The van der Waals surface area contributed by atoms with Crippen LogP contribution in [-0.2, 0) is 19.6 Å². The second-order valence-electron chi connectivity index (χ2n) is 7.80. The van der Waals surface area contributed by atoms with E-state index in [-0.39, 0.29) is 0 Å². The lowest BCUT2D eigenvalue weighted by atomic mass is 9.95. The standard InChI is InChI=1S/C22H26N6/c1-3-17(13-19(4-1)20-5-2-8-23-14-20)16-27-10-6-18(7-11-27)22-26-25-21-15-24-9-12-28(21)22/h1-5,8,13-14,18,24H,6-7,9-12,15-16H2. The highest BCUT2D eigenvalue weighted by molar-refractivity contribution is 5.62. The lowest BCUT2D eigenvalue weighted by Crippen LogP contribution is -2.34. The number of pyridine rings is 1. The van der Waals surface area contributed by atoms with Crippen LogP contribution in [0.2, 0.25) is 0 Å². The van der Waals surface area contributed by atoms with Gasteiger partial charge in [-0.2, -0.15) is 0 Å². The number of hydrogen-bond donors (Lipinski definition) is 1. The first kappa shape index (κ1) is 17.5. The molecule has 6 heteroatoms. The summed E-state index contributed by atoms with van der Waals surface area (Å²) in [5.74, 6) is 2.84. The molecule has 0 bridgehead atoms. The highest BCUT2D eigenvalue weighted by atomic mass is 15.3. The Balaban J connectivity index is 1.23. The summed E-state index contributed by atoms with van der Waals surface area (Å²) in [6, 6.07) is 13.0. The lowest BCUT2D eigenvalue weighted by Gasteiger charge is -2.32. The lowest BCUT2D eigenvalue weighted by molar-refractivity contribution is 0.199. The minimum atomic E-state index is 0.539.